The summed E-state index contributed by atoms with van der Waals surface area (Å²) >= 11 is 6.06. The zero-order valence-electron chi connectivity index (χ0n) is 14.9. The molecule has 26 heavy (non-hydrogen) atoms. The largest absolute Gasteiger partial charge is 0.373 e. The van der Waals surface area contributed by atoms with E-state index in [1.54, 1.807) is 0 Å². The fourth-order valence-corrected chi connectivity index (χ4v) is 3.92. The lowest BCUT2D eigenvalue weighted by atomic mass is 10.1. The summed E-state index contributed by atoms with van der Waals surface area (Å²) in [5.74, 6) is 0.186. The molecule has 1 atom stereocenters. The van der Waals surface area contributed by atoms with Gasteiger partial charge < -0.3 is 10.2 Å². The Morgan fingerprint density at radius 2 is 2.08 bits per heavy atom. The number of fused-ring (bicyclic) bond motifs is 1. The second-order valence-corrected chi connectivity index (χ2v) is 7.51. The van der Waals surface area contributed by atoms with E-state index >= 15 is 0 Å². The van der Waals surface area contributed by atoms with Crippen LogP contribution < -0.4 is 5.32 Å². The minimum atomic E-state index is -0.173. The van der Waals surface area contributed by atoms with Gasteiger partial charge in [-0.15, -0.1) is 0 Å². The van der Waals surface area contributed by atoms with Crippen molar-refractivity contribution in [1.29, 1.82) is 0 Å². The number of nitrogens with zero attached hydrogens (tertiary/aromatic N) is 3. The van der Waals surface area contributed by atoms with Crippen LogP contribution in [0.15, 0.2) is 36.5 Å². The summed E-state index contributed by atoms with van der Waals surface area (Å²) in [6, 6.07) is 9.65. The van der Waals surface area contributed by atoms with Crippen LogP contribution >= 0.6 is 11.6 Å². The van der Waals surface area contributed by atoms with Crippen LogP contribution in [-0.4, -0.2) is 52.9 Å². The van der Waals surface area contributed by atoms with Crippen molar-refractivity contribution in [3.05, 3.63) is 58.4 Å². The third kappa shape index (κ3) is 3.55. The van der Waals surface area contributed by atoms with Gasteiger partial charge in [-0.2, -0.15) is 0 Å². The highest BCUT2D eigenvalue weighted by atomic mass is 35.5. The molecule has 6 heteroatoms. The van der Waals surface area contributed by atoms with Gasteiger partial charge in [0.1, 0.15) is 6.04 Å². The van der Waals surface area contributed by atoms with Crippen LogP contribution in [-0.2, 0) is 17.8 Å². The number of halogens is 1. The van der Waals surface area contributed by atoms with Gasteiger partial charge in [0.2, 0.25) is 5.91 Å². The van der Waals surface area contributed by atoms with E-state index in [0.29, 0.717) is 6.42 Å². The molecule has 2 aliphatic heterocycles. The molecule has 1 fully saturated rings. The standard InChI is InChI=1S/C20H23ClN4O/c1-14-3-2-6-22-19(14)13-24-7-9-25(10-8-24)20(26)18-12-15-11-16(21)4-5-17(15)23-18/h2-6,11,18,23H,7-10,12-13H2,1H3/t18-/m0/s1. The van der Waals surface area contributed by atoms with Crippen LogP contribution in [0.4, 0.5) is 5.69 Å². The molecule has 0 radical (unpaired) electrons. The molecule has 1 aromatic carbocycles. The van der Waals surface area contributed by atoms with Crippen LogP contribution in [0.1, 0.15) is 16.8 Å². The third-order valence-electron chi connectivity index (χ3n) is 5.29. The first-order valence-electron chi connectivity index (χ1n) is 9.07. The number of hydrogen-bond acceptors (Lipinski definition) is 4. The second-order valence-electron chi connectivity index (χ2n) is 7.07. The highest BCUT2D eigenvalue weighted by molar-refractivity contribution is 6.30. The summed E-state index contributed by atoms with van der Waals surface area (Å²) < 4.78 is 0. The smallest absolute Gasteiger partial charge is 0.245 e. The topological polar surface area (TPSA) is 48.5 Å². The molecule has 2 aliphatic rings. The molecule has 4 rings (SSSR count). The van der Waals surface area contributed by atoms with E-state index in [-0.39, 0.29) is 11.9 Å². The normalized spacial score (nSPS) is 19.9. The SMILES string of the molecule is Cc1cccnc1CN1CCN(C(=O)[C@@H]2Cc3cc(Cl)ccc3N2)CC1. The van der Waals surface area contributed by atoms with Crippen molar-refractivity contribution in [3.63, 3.8) is 0 Å². The molecule has 0 saturated carbocycles. The number of aryl methyl sites for hydroxylation is 1. The van der Waals surface area contributed by atoms with Gasteiger partial charge >= 0.3 is 0 Å². The lowest BCUT2D eigenvalue weighted by molar-refractivity contribution is -0.133. The quantitative estimate of drug-likeness (QED) is 0.902. The Morgan fingerprint density at radius 3 is 2.85 bits per heavy atom. The molecule has 0 spiro atoms. The fraction of sp³-hybridized carbons (Fsp3) is 0.400. The van der Waals surface area contributed by atoms with Crippen LogP contribution in [0.5, 0.6) is 0 Å². The average molecular weight is 371 g/mol. The summed E-state index contributed by atoms with van der Waals surface area (Å²) in [5, 5.41) is 4.06. The molecule has 1 amide bonds. The number of piperazine rings is 1. The van der Waals surface area contributed by atoms with E-state index in [0.717, 1.165) is 54.7 Å². The Hall–Kier alpha value is -2.11. The number of anilines is 1. The van der Waals surface area contributed by atoms with Gasteiger partial charge in [0.05, 0.1) is 5.69 Å². The number of rotatable bonds is 3. The average Bonchev–Trinajstić information content (AvgIpc) is 3.07. The summed E-state index contributed by atoms with van der Waals surface area (Å²) in [6.45, 7) is 6.23. The molecule has 5 nitrogen and oxygen atoms in total. The predicted molar refractivity (Wildman–Crippen MR) is 103 cm³/mol. The molecule has 1 N–H and O–H groups in total. The fourth-order valence-electron chi connectivity index (χ4n) is 3.72. The van der Waals surface area contributed by atoms with Crippen LogP contribution in [0, 0.1) is 6.92 Å². The minimum absolute atomic E-state index is 0.173. The van der Waals surface area contributed by atoms with E-state index in [9.17, 15) is 4.79 Å². The Morgan fingerprint density at radius 1 is 1.27 bits per heavy atom. The highest BCUT2D eigenvalue weighted by Gasteiger charge is 2.32. The van der Waals surface area contributed by atoms with E-state index in [1.165, 1.54) is 5.56 Å². The van der Waals surface area contributed by atoms with E-state index in [4.69, 9.17) is 11.6 Å². The molecule has 136 valence electrons. The molecular formula is C20H23ClN4O. The van der Waals surface area contributed by atoms with Gasteiger partial charge in [-0.25, -0.2) is 0 Å². The zero-order chi connectivity index (χ0) is 18.1. The molecule has 0 unspecified atom stereocenters. The van der Waals surface area contributed by atoms with Gasteiger partial charge in [0.15, 0.2) is 0 Å². The number of carbonyl (C=O) groups is 1. The highest BCUT2D eigenvalue weighted by Crippen LogP contribution is 2.29. The van der Waals surface area contributed by atoms with Gasteiger partial charge in [-0.3, -0.25) is 14.7 Å². The summed E-state index contributed by atoms with van der Waals surface area (Å²) in [4.78, 5) is 21.7. The van der Waals surface area contributed by atoms with Crippen molar-refractivity contribution in [2.24, 2.45) is 0 Å². The van der Waals surface area contributed by atoms with Gasteiger partial charge in [0, 0.05) is 56.1 Å². The lowest BCUT2D eigenvalue weighted by Gasteiger charge is -2.36. The zero-order valence-corrected chi connectivity index (χ0v) is 15.7. The lowest BCUT2D eigenvalue weighted by Crippen LogP contribution is -2.52. The first-order valence-corrected chi connectivity index (χ1v) is 9.44. The molecule has 0 bridgehead atoms. The predicted octanol–water partition coefficient (Wildman–Crippen LogP) is 2.72. The van der Waals surface area contributed by atoms with Crippen molar-refractivity contribution >= 4 is 23.2 Å². The van der Waals surface area contributed by atoms with Crippen molar-refractivity contribution in [2.45, 2.75) is 25.9 Å². The van der Waals surface area contributed by atoms with E-state index in [2.05, 4.69) is 28.2 Å². The first kappa shape index (κ1) is 17.3. The number of nitrogens with one attached hydrogen (secondary N) is 1. The second kappa shape index (κ2) is 7.25. The maximum atomic E-state index is 12.9. The maximum Gasteiger partial charge on any atom is 0.245 e. The summed E-state index contributed by atoms with van der Waals surface area (Å²) in [5.41, 5.74) is 4.49. The number of aromatic nitrogens is 1. The van der Waals surface area contributed by atoms with Gasteiger partial charge in [0.25, 0.3) is 0 Å². The monoisotopic (exact) mass is 370 g/mol. The molecule has 0 aliphatic carbocycles. The van der Waals surface area contributed by atoms with Crippen molar-refractivity contribution < 1.29 is 4.79 Å². The van der Waals surface area contributed by atoms with E-state index < -0.39 is 0 Å². The molecule has 1 aromatic heterocycles. The summed E-state index contributed by atoms with van der Waals surface area (Å²) in [6.07, 6.45) is 2.56. The minimum Gasteiger partial charge on any atom is -0.373 e. The van der Waals surface area contributed by atoms with Gasteiger partial charge in [-0.05, 0) is 42.3 Å². The van der Waals surface area contributed by atoms with Crippen molar-refractivity contribution in [3.8, 4) is 0 Å². The van der Waals surface area contributed by atoms with Crippen LogP contribution in [0.3, 0.4) is 0 Å². The molecule has 1 saturated heterocycles. The van der Waals surface area contributed by atoms with Gasteiger partial charge in [-0.1, -0.05) is 17.7 Å². The first-order chi connectivity index (χ1) is 12.6. The van der Waals surface area contributed by atoms with E-state index in [1.807, 2.05) is 35.4 Å². The number of benzene rings is 1. The number of amides is 1. The molecular weight excluding hydrogens is 348 g/mol. The molecule has 3 heterocycles. The van der Waals surface area contributed by atoms with Crippen LogP contribution in [0.25, 0.3) is 0 Å². The third-order valence-corrected chi connectivity index (χ3v) is 5.53. The van der Waals surface area contributed by atoms with Crippen LogP contribution in [0.2, 0.25) is 5.02 Å². The molecule has 2 aromatic rings. The maximum absolute atomic E-state index is 12.9. The Kier molecular flexibility index (Phi) is 4.83. The number of pyridine rings is 1. The number of carbonyl (C=O) groups excluding carboxylic acids is 1. The Bertz CT molecular complexity index is 817. The van der Waals surface area contributed by atoms with Crippen molar-refractivity contribution in [2.75, 3.05) is 31.5 Å². The Balaban J connectivity index is 1.32. The Labute approximate surface area is 159 Å². The number of hydrogen-bond donors (Lipinski definition) is 1. The van der Waals surface area contributed by atoms with Crippen molar-refractivity contribution in [1.82, 2.24) is 14.8 Å². The summed E-state index contributed by atoms with van der Waals surface area (Å²) in [7, 11) is 0.